The van der Waals surface area contributed by atoms with Gasteiger partial charge in [0.15, 0.2) is 0 Å². The second-order valence-corrected chi connectivity index (χ2v) is 5.83. The second-order valence-electron chi connectivity index (χ2n) is 5.39. The van der Waals surface area contributed by atoms with Crippen molar-refractivity contribution >= 4 is 29.2 Å². The zero-order valence-corrected chi connectivity index (χ0v) is 14.2. The molecule has 0 aliphatic rings. The van der Waals surface area contributed by atoms with Gasteiger partial charge in [-0.25, -0.2) is 4.79 Å². The van der Waals surface area contributed by atoms with Crippen LogP contribution in [0.2, 0.25) is 5.02 Å². The fourth-order valence-electron chi connectivity index (χ4n) is 2.33. The molecule has 0 unspecified atom stereocenters. The van der Waals surface area contributed by atoms with Crippen molar-refractivity contribution in [2.75, 3.05) is 11.4 Å². The Balaban J connectivity index is 2.14. The standard InChI is InChI=1S/C19H18ClNO4/c20-15-8-10-16(11-9-15)21(18(23)13-17(22)19(24)25)12-4-7-14-5-2-1-3-6-14/h1-3,5-6,8-11,13,22H,4,7,12H2,(H,24,25)/b17-13-. The summed E-state index contributed by atoms with van der Waals surface area (Å²) in [4.78, 5) is 24.5. The van der Waals surface area contributed by atoms with E-state index in [-0.39, 0.29) is 0 Å². The van der Waals surface area contributed by atoms with E-state index in [9.17, 15) is 14.7 Å². The highest BCUT2D eigenvalue weighted by molar-refractivity contribution is 6.30. The van der Waals surface area contributed by atoms with Crippen molar-refractivity contribution in [2.24, 2.45) is 0 Å². The normalized spacial score (nSPS) is 11.2. The van der Waals surface area contributed by atoms with Crippen LogP contribution in [0.1, 0.15) is 12.0 Å². The van der Waals surface area contributed by atoms with Crippen LogP contribution >= 0.6 is 11.6 Å². The first-order chi connectivity index (χ1) is 12.0. The molecule has 2 rings (SSSR count). The number of carboxylic acids is 1. The van der Waals surface area contributed by atoms with Gasteiger partial charge in [0, 0.05) is 17.3 Å². The molecule has 0 atom stereocenters. The number of nitrogens with zero attached hydrogens (tertiary/aromatic N) is 1. The predicted molar refractivity (Wildman–Crippen MR) is 96.9 cm³/mol. The molecule has 5 nitrogen and oxygen atoms in total. The van der Waals surface area contributed by atoms with E-state index >= 15 is 0 Å². The number of benzene rings is 2. The highest BCUT2D eigenvalue weighted by Gasteiger charge is 2.16. The Hall–Kier alpha value is -2.79. The van der Waals surface area contributed by atoms with Crippen LogP contribution in [0.25, 0.3) is 0 Å². The zero-order chi connectivity index (χ0) is 18.2. The van der Waals surface area contributed by atoms with Crippen molar-refractivity contribution in [3.05, 3.63) is 77.0 Å². The number of carbonyl (C=O) groups excluding carboxylic acids is 1. The van der Waals surface area contributed by atoms with Crippen molar-refractivity contribution < 1.29 is 19.8 Å². The Labute approximate surface area is 150 Å². The van der Waals surface area contributed by atoms with E-state index in [1.165, 1.54) is 4.90 Å². The van der Waals surface area contributed by atoms with Crippen molar-refractivity contribution in [2.45, 2.75) is 12.8 Å². The van der Waals surface area contributed by atoms with E-state index < -0.39 is 17.6 Å². The summed E-state index contributed by atoms with van der Waals surface area (Å²) in [5.74, 6) is -3.14. The quantitative estimate of drug-likeness (QED) is 0.581. The number of hydrogen-bond acceptors (Lipinski definition) is 3. The number of carbonyl (C=O) groups is 2. The summed E-state index contributed by atoms with van der Waals surface area (Å²) in [5, 5.41) is 18.6. The molecule has 2 N–H and O–H groups in total. The fraction of sp³-hybridized carbons (Fsp3) is 0.158. The number of amides is 1. The number of aliphatic carboxylic acids is 1. The van der Waals surface area contributed by atoms with E-state index in [4.69, 9.17) is 16.7 Å². The minimum Gasteiger partial charge on any atom is -0.502 e. The van der Waals surface area contributed by atoms with Gasteiger partial charge < -0.3 is 15.1 Å². The maximum atomic E-state index is 12.4. The van der Waals surface area contributed by atoms with Crippen LogP contribution in [-0.4, -0.2) is 28.6 Å². The summed E-state index contributed by atoms with van der Waals surface area (Å²) < 4.78 is 0. The molecule has 1 amide bonds. The molecule has 0 fully saturated rings. The van der Waals surface area contributed by atoms with E-state index in [2.05, 4.69) is 0 Å². The van der Waals surface area contributed by atoms with Crippen LogP contribution in [0, 0.1) is 0 Å². The molecular formula is C19H18ClNO4. The van der Waals surface area contributed by atoms with Gasteiger partial charge >= 0.3 is 5.97 Å². The smallest absolute Gasteiger partial charge is 0.371 e. The first-order valence-corrected chi connectivity index (χ1v) is 8.10. The van der Waals surface area contributed by atoms with Gasteiger partial charge in [-0.15, -0.1) is 0 Å². The van der Waals surface area contributed by atoms with Crippen LogP contribution in [0.4, 0.5) is 5.69 Å². The van der Waals surface area contributed by atoms with Gasteiger partial charge in [0.2, 0.25) is 5.76 Å². The molecule has 0 aromatic heterocycles. The average Bonchev–Trinajstić information content (AvgIpc) is 2.60. The number of rotatable bonds is 7. The van der Waals surface area contributed by atoms with Crippen molar-refractivity contribution in [3.63, 3.8) is 0 Å². The Bertz CT molecular complexity index is 757. The lowest BCUT2D eigenvalue weighted by Crippen LogP contribution is -2.31. The summed E-state index contributed by atoms with van der Waals surface area (Å²) in [6.07, 6.45) is 2.16. The first kappa shape index (κ1) is 18.5. The van der Waals surface area contributed by atoms with Gasteiger partial charge in [-0.2, -0.15) is 0 Å². The number of aryl methyl sites for hydroxylation is 1. The lowest BCUT2D eigenvalue weighted by molar-refractivity contribution is -0.135. The largest absolute Gasteiger partial charge is 0.502 e. The summed E-state index contributed by atoms with van der Waals surface area (Å²) >= 11 is 5.87. The lowest BCUT2D eigenvalue weighted by Gasteiger charge is -2.21. The third kappa shape index (κ3) is 5.65. The van der Waals surface area contributed by atoms with Gasteiger partial charge in [-0.05, 0) is 42.7 Å². The maximum Gasteiger partial charge on any atom is 0.371 e. The highest BCUT2D eigenvalue weighted by atomic mass is 35.5. The maximum absolute atomic E-state index is 12.4. The van der Waals surface area contributed by atoms with Gasteiger partial charge in [-0.3, -0.25) is 4.79 Å². The van der Waals surface area contributed by atoms with E-state index in [0.29, 0.717) is 29.8 Å². The molecule has 0 saturated heterocycles. The molecule has 0 aliphatic heterocycles. The topological polar surface area (TPSA) is 77.8 Å². The Morgan fingerprint density at radius 2 is 1.64 bits per heavy atom. The predicted octanol–water partition coefficient (Wildman–Crippen LogP) is 3.83. The summed E-state index contributed by atoms with van der Waals surface area (Å²) in [7, 11) is 0. The Morgan fingerprint density at radius 3 is 2.24 bits per heavy atom. The summed E-state index contributed by atoms with van der Waals surface area (Å²) in [6.45, 7) is 0.374. The second kappa shape index (κ2) is 8.89. The number of halogens is 1. The highest BCUT2D eigenvalue weighted by Crippen LogP contribution is 2.19. The van der Waals surface area contributed by atoms with Gasteiger partial charge in [0.05, 0.1) is 6.08 Å². The van der Waals surface area contributed by atoms with Gasteiger partial charge in [-0.1, -0.05) is 41.9 Å². The third-order valence-corrected chi connectivity index (χ3v) is 3.83. The third-order valence-electron chi connectivity index (χ3n) is 3.57. The van der Waals surface area contributed by atoms with Gasteiger partial charge in [0.25, 0.3) is 5.91 Å². The number of hydrogen-bond donors (Lipinski definition) is 2. The van der Waals surface area contributed by atoms with Crippen molar-refractivity contribution in [1.29, 1.82) is 0 Å². The van der Waals surface area contributed by atoms with E-state index in [0.717, 1.165) is 12.0 Å². The van der Waals surface area contributed by atoms with Crippen LogP contribution in [0.3, 0.4) is 0 Å². The first-order valence-electron chi connectivity index (χ1n) is 7.72. The lowest BCUT2D eigenvalue weighted by atomic mass is 10.1. The van der Waals surface area contributed by atoms with Crippen LogP contribution in [0.5, 0.6) is 0 Å². The van der Waals surface area contributed by atoms with Crippen LogP contribution in [-0.2, 0) is 16.0 Å². The number of carboxylic acid groups (broad SMARTS) is 1. The molecular weight excluding hydrogens is 342 g/mol. The molecule has 130 valence electrons. The van der Waals surface area contributed by atoms with Gasteiger partial charge in [0.1, 0.15) is 0 Å². The van der Waals surface area contributed by atoms with Crippen LogP contribution < -0.4 is 4.90 Å². The molecule has 2 aromatic rings. The molecule has 0 bridgehead atoms. The molecule has 0 radical (unpaired) electrons. The number of anilines is 1. The molecule has 0 aliphatic carbocycles. The Kier molecular flexibility index (Phi) is 6.60. The molecule has 6 heteroatoms. The van der Waals surface area contributed by atoms with Crippen LogP contribution in [0.15, 0.2) is 66.4 Å². The molecule has 2 aromatic carbocycles. The fourth-order valence-corrected chi connectivity index (χ4v) is 2.46. The average molecular weight is 360 g/mol. The van der Waals surface area contributed by atoms with E-state index in [1.807, 2.05) is 30.3 Å². The monoisotopic (exact) mass is 359 g/mol. The van der Waals surface area contributed by atoms with E-state index in [1.54, 1.807) is 24.3 Å². The molecule has 0 heterocycles. The number of aliphatic hydroxyl groups excluding tert-OH is 1. The number of aliphatic hydroxyl groups is 1. The zero-order valence-electron chi connectivity index (χ0n) is 13.4. The van der Waals surface area contributed by atoms with Crippen molar-refractivity contribution in [1.82, 2.24) is 0 Å². The minimum absolute atomic E-state index is 0.374. The van der Waals surface area contributed by atoms with Crippen molar-refractivity contribution in [3.8, 4) is 0 Å². The Morgan fingerprint density at radius 1 is 1.00 bits per heavy atom. The SMILES string of the molecule is O=C(O)/C(O)=C/C(=O)N(CCCc1ccccc1)c1ccc(Cl)cc1. The molecule has 0 saturated carbocycles. The summed E-state index contributed by atoms with van der Waals surface area (Å²) in [5.41, 5.74) is 1.73. The minimum atomic E-state index is -1.55. The molecule has 25 heavy (non-hydrogen) atoms. The summed E-state index contributed by atoms with van der Waals surface area (Å²) in [6, 6.07) is 16.5. The molecule has 0 spiro atoms.